The minimum Gasteiger partial charge on any atom is -0.387 e. The number of anilines is 2. The topological polar surface area (TPSA) is 116 Å². The van der Waals surface area contributed by atoms with E-state index in [1.54, 1.807) is 17.3 Å². The Morgan fingerprint density at radius 3 is 2.68 bits per heavy atom. The number of hydrogen-bond donors (Lipinski definition) is 3. The smallest absolute Gasteiger partial charge is 0.248 e. The van der Waals surface area contributed by atoms with Crippen LogP contribution >= 0.6 is 0 Å². The fraction of sp³-hybridized carbons (Fsp3) is 0.417. The van der Waals surface area contributed by atoms with Crippen molar-refractivity contribution in [3.05, 3.63) is 42.7 Å². The van der Waals surface area contributed by atoms with E-state index >= 15 is 0 Å². The SMILES string of the molecule is O=C(CO)N1CCN(c2ccc(-c3cc4nccnc4c(NC[C@@H]4CNCCO4)n3)cc2)CC1. The molecule has 5 rings (SSSR count). The van der Waals surface area contributed by atoms with E-state index in [0.29, 0.717) is 32.1 Å². The van der Waals surface area contributed by atoms with Crippen molar-refractivity contribution in [1.82, 2.24) is 25.2 Å². The molecule has 3 N–H and O–H groups in total. The quantitative estimate of drug-likeness (QED) is 0.487. The second kappa shape index (κ2) is 10.3. The number of aliphatic hydroxyl groups excluding tert-OH is 1. The van der Waals surface area contributed by atoms with E-state index in [1.807, 2.05) is 6.07 Å². The number of nitrogens with zero attached hydrogens (tertiary/aromatic N) is 5. The lowest BCUT2D eigenvalue weighted by molar-refractivity contribution is -0.134. The lowest BCUT2D eigenvalue weighted by Crippen LogP contribution is -2.49. The van der Waals surface area contributed by atoms with Gasteiger partial charge >= 0.3 is 0 Å². The predicted molar refractivity (Wildman–Crippen MR) is 130 cm³/mol. The van der Waals surface area contributed by atoms with E-state index in [4.69, 9.17) is 14.8 Å². The average molecular weight is 464 g/mol. The Balaban J connectivity index is 1.33. The number of aromatic nitrogens is 3. The van der Waals surface area contributed by atoms with Gasteiger partial charge in [-0.2, -0.15) is 0 Å². The molecule has 4 heterocycles. The summed E-state index contributed by atoms with van der Waals surface area (Å²) in [6, 6.07) is 10.2. The van der Waals surface area contributed by atoms with Gasteiger partial charge in [-0.1, -0.05) is 12.1 Å². The van der Waals surface area contributed by atoms with Gasteiger partial charge in [-0.25, -0.2) is 9.97 Å². The molecule has 0 unspecified atom stereocenters. The molecule has 2 aliphatic heterocycles. The minimum atomic E-state index is -0.431. The molecule has 3 aromatic rings. The monoisotopic (exact) mass is 463 g/mol. The zero-order valence-corrected chi connectivity index (χ0v) is 19.0. The van der Waals surface area contributed by atoms with Crippen LogP contribution in [0.2, 0.25) is 0 Å². The number of morpholine rings is 1. The molecule has 1 atom stereocenters. The molecule has 0 saturated carbocycles. The highest BCUT2D eigenvalue weighted by Gasteiger charge is 2.21. The molecule has 34 heavy (non-hydrogen) atoms. The number of hydrogen-bond acceptors (Lipinski definition) is 9. The second-order valence-corrected chi connectivity index (χ2v) is 8.43. The maximum atomic E-state index is 11.7. The number of aliphatic hydroxyl groups is 1. The molecule has 178 valence electrons. The van der Waals surface area contributed by atoms with Crippen molar-refractivity contribution in [3.63, 3.8) is 0 Å². The Labute approximate surface area is 198 Å². The molecule has 2 aliphatic rings. The molecular weight excluding hydrogens is 434 g/mol. The van der Waals surface area contributed by atoms with Gasteiger partial charge in [0.05, 0.1) is 23.9 Å². The standard InChI is InChI=1S/C24H29N7O3/c32-16-22(33)31-10-8-30(9-11-31)18-3-1-17(2-4-18)20-13-21-23(27-6-5-26-21)24(29-20)28-15-19-14-25-7-12-34-19/h1-6,13,19,25,32H,7-12,14-16H2,(H,28,29)/t19-/m0/s1. The van der Waals surface area contributed by atoms with Crippen molar-refractivity contribution in [3.8, 4) is 11.3 Å². The van der Waals surface area contributed by atoms with Crippen molar-refractivity contribution in [2.24, 2.45) is 0 Å². The van der Waals surface area contributed by atoms with Gasteiger partial charge in [-0.05, 0) is 18.2 Å². The van der Waals surface area contributed by atoms with Crippen molar-refractivity contribution < 1.29 is 14.6 Å². The number of carbonyl (C=O) groups is 1. The lowest BCUT2D eigenvalue weighted by Gasteiger charge is -2.35. The zero-order valence-electron chi connectivity index (χ0n) is 19.0. The normalized spacial score (nSPS) is 18.8. The van der Waals surface area contributed by atoms with Crippen molar-refractivity contribution in [2.75, 3.05) is 69.2 Å². The maximum Gasteiger partial charge on any atom is 0.248 e. The van der Waals surface area contributed by atoms with Crippen LogP contribution in [0.1, 0.15) is 0 Å². The first-order chi connectivity index (χ1) is 16.7. The number of carbonyl (C=O) groups excluding carboxylic acids is 1. The number of piperazine rings is 1. The van der Waals surface area contributed by atoms with Crippen LogP contribution in [0, 0.1) is 0 Å². The Morgan fingerprint density at radius 2 is 1.94 bits per heavy atom. The molecule has 2 fully saturated rings. The summed E-state index contributed by atoms with van der Waals surface area (Å²) in [6.07, 6.45) is 3.45. The minimum absolute atomic E-state index is 0.0818. The van der Waals surface area contributed by atoms with Gasteiger partial charge in [0.25, 0.3) is 0 Å². The predicted octanol–water partition coefficient (Wildman–Crippen LogP) is 0.733. The number of benzene rings is 1. The largest absolute Gasteiger partial charge is 0.387 e. The number of rotatable bonds is 6. The summed E-state index contributed by atoms with van der Waals surface area (Å²) in [5.74, 6) is 0.486. The van der Waals surface area contributed by atoms with Crippen LogP contribution in [0.25, 0.3) is 22.3 Å². The molecule has 1 amide bonds. The van der Waals surface area contributed by atoms with E-state index in [9.17, 15) is 4.79 Å². The number of ether oxygens (including phenoxy) is 1. The molecule has 0 spiro atoms. The van der Waals surface area contributed by atoms with Crippen LogP contribution in [-0.2, 0) is 9.53 Å². The van der Waals surface area contributed by atoms with Gasteiger partial charge < -0.3 is 30.3 Å². The van der Waals surface area contributed by atoms with Gasteiger partial charge in [0, 0.05) is 69.5 Å². The third-order valence-corrected chi connectivity index (χ3v) is 6.25. The maximum absolute atomic E-state index is 11.7. The zero-order chi connectivity index (χ0) is 23.3. The number of amides is 1. The Bertz CT molecular complexity index is 1130. The highest BCUT2D eigenvalue weighted by Crippen LogP contribution is 2.27. The Morgan fingerprint density at radius 1 is 1.15 bits per heavy atom. The summed E-state index contributed by atoms with van der Waals surface area (Å²) >= 11 is 0. The molecule has 0 radical (unpaired) electrons. The third-order valence-electron chi connectivity index (χ3n) is 6.25. The molecule has 10 heteroatoms. The number of fused-ring (bicyclic) bond motifs is 1. The summed E-state index contributed by atoms with van der Waals surface area (Å²) in [4.78, 5) is 29.5. The molecule has 1 aromatic carbocycles. The van der Waals surface area contributed by atoms with Gasteiger partial charge in [-0.3, -0.25) is 9.78 Å². The lowest BCUT2D eigenvalue weighted by atomic mass is 10.1. The van der Waals surface area contributed by atoms with E-state index in [1.165, 1.54) is 0 Å². The van der Waals surface area contributed by atoms with E-state index < -0.39 is 6.61 Å². The van der Waals surface area contributed by atoms with E-state index in [2.05, 4.69) is 49.8 Å². The van der Waals surface area contributed by atoms with Gasteiger partial charge in [0.15, 0.2) is 5.82 Å². The van der Waals surface area contributed by atoms with E-state index in [-0.39, 0.29) is 12.0 Å². The molecule has 2 saturated heterocycles. The first-order valence-corrected chi connectivity index (χ1v) is 11.6. The van der Waals surface area contributed by atoms with Gasteiger partial charge in [0.2, 0.25) is 5.91 Å². The summed E-state index contributed by atoms with van der Waals surface area (Å²) in [7, 11) is 0. The van der Waals surface area contributed by atoms with Crippen molar-refractivity contribution in [2.45, 2.75) is 6.10 Å². The van der Waals surface area contributed by atoms with Crippen LogP contribution in [0.4, 0.5) is 11.5 Å². The third kappa shape index (κ3) is 4.93. The second-order valence-electron chi connectivity index (χ2n) is 8.43. The first-order valence-electron chi connectivity index (χ1n) is 11.6. The highest BCUT2D eigenvalue weighted by molar-refractivity contribution is 5.88. The fourth-order valence-electron chi connectivity index (χ4n) is 4.36. The number of nitrogens with one attached hydrogen (secondary N) is 2. The average Bonchev–Trinajstić information content (AvgIpc) is 2.92. The molecule has 10 nitrogen and oxygen atoms in total. The summed E-state index contributed by atoms with van der Waals surface area (Å²) in [6.45, 7) is 5.30. The van der Waals surface area contributed by atoms with Gasteiger partial charge in [0.1, 0.15) is 12.1 Å². The van der Waals surface area contributed by atoms with Crippen LogP contribution in [0.3, 0.4) is 0 Å². The van der Waals surface area contributed by atoms with E-state index in [0.717, 1.165) is 54.2 Å². The van der Waals surface area contributed by atoms with Crippen molar-refractivity contribution in [1.29, 1.82) is 0 Å². The first kappa shape index (κ1) is 22.5. The fourth-order valence-corrected chi connectivity index (χ4v) is 4.36. The van der Waals surface area contributed by atoms with Gasteiger partial charge in [-0.15, -0.1) is 0 Å². The Hall–Kier alpha value is -3.34. The summed E-state index contributed by atoms with van der Waals surface area (Å²) < 4.78 is 5.80. The molecular formula is C24H29N7O3. The van der Waals surface area contributed by atoms with Crippen LogP contribution < -0.4 is 15.5 Å². The Kier molecular flexibility index (Phi) is 6.79. The molecule has 0 bridgehead atoms. The van der Waals surface area contributed by atoms with Crippen LogP contribution in [0.5, 0.6) is 0 Å². The number of pyridine rings is 1. The van der Waals surface area contributed by atoms with Crippen LogP contribution in [-0.4, -0.2) is 96.0 Å². The summed E-state index contributed by atoms with van der Waals surface area (Å²) in [5.41, 5.74) is 4.43. The highest BCUT2D eigenvalue weighted by atomic mass is 16.5. The van der Waals surface area contributed by atoms with Crippen LogP contribution in [0.15, 0.2) is 42.7 Å². The van der Waals surface area contributed by atoms with Crippen molar-refractivity contribution >= 4 is 28.4 Å². The molecule has 0 aliphatic carbocycles. The molecule has 2 aromatic heterocycles. The summed E-state index contributed by atoms with van der Waals surface area (Å²) in [5, 5.41) is 15.8.